The third-order valence-electron chi connectivity index (χ3n) is 3.07. The number of hydrogen-bond acceptors (Lipinski definition) is 2. The van der Waals surface area contributed by atoms with Crippen molar-refractivity contribution in [3.63, 3.8) is 0 Å². The van der Waals surface area contributed by atoms with Crippen molar-refractivity contribution >= 4 is 28.8 Å². The van der Waals surface area contributed by atoms with Crippen molar-refractivity contribution in [2.45, 2.75) is 38.6 Å². The molecule has 1 aliphatic carbocycles. The second-order valence-electron chi connectivity index (χ2n) is 4.28. The molecule has 1 aliphatic rings. The van der Waals surface area contributed by atoms with Crippen LogP contribution in [0.1, 0.15) is 37.0 Å². The Morgan fingerprint density at radius 1 is 1.38 bits per heavy atom. The molecule has 0 atom stereocenters. The van der Waals surface area contributed by atoms with E-state index in [0.29, 0.717) is 12.5 Å². The topological polar surface area (TPSA) is 38.4 Å². The summed E-state index contributed by atoms with van der Waals surface area (Å²) in [6.45, 7) is 0.680. The van der Waals surface area contributed by atoms with E-state index >= 15 is 0 Å². The van der Waals surface area contributed by atoms with Crippen LogP contribution in [0.2, 0.25) is 4.34 Å². The van der Waals surface area contributed by atoms with E-state index in [0.717, 1.165) is 10.2 Å². The molecule has 16 heavy (non-hydrogen) atoms. The highest BCUT2D eigenvalue weighted by Gasteiger charge is 2.16. The van der Waals surface area contributed by atoms with E-state index in [1.165, 1.54) is 37.0 Å². The van der Waals surface area contributed by atoms with Gasteiger partial charge >= 0.3 is 0 Å². The molecule has 0 aromatic carbocycles. The zero-order valence-corrected chi connectivity index (χ0v) is 10.9. The van der Waals surface area contributed by atoms with Crippen LogP contribution in [0.4, 0.5) is 0 Å². The smallest absolute Gasteiger partial charge is 0.0972 e. The summed E-state index contributed by atoms with van der Waals surface area (Å²) >= 11 is 7.44. The van der Waals surface area contributed by atoms with Gasteiger partial charge in [0.2, 0.25) is 0 Å². The largest absolute Gasteiger partial charge is 0.387 e. The van der Waals surface area contributed by atoms with Crippen LogP contribution in [0, 0.1) is 5.92 Å². The molecule has 2 rings (SSSR count). The van der Waals surface area contributed by atoms with Gasteiger partial charge in [0.05, 0.1) is 16.7 Å². The van der Waals surface area contributed by atoms with E-state index in [2.05, 4.69) is 4.99 Å². The number of aliphatic imine (C=N–C) groups is 1. The first-order valence-electron chi connectivity index (χ1n) is 5.80. The van der Waals surface area contributed by atoms with Crippen LogP contribution in [-0.2, 0) is 6.54 Å². The molecule has 1 heterocycles. The molecular weight excluding hydrogens is 240 g/mol. The first-order chi connectivity index (χ1) is 7.75. The maximum Gasteiger partial charge on any atom is 0.0972 e. The van der Waals surface area contributed by atoms with Crippen LogP contribution in [-0.4, -0.2) is 5.84 Å². The zero-order chi connectivity index (χ0) is 11.4. The fourth-order valence-electron chi connectivity index (χ4n) is 2.13. The fourth-order valence-corrected chi connectivity index (χ4v) is 3.15. The maximum atomic E-state index is 6.02. The molecule has 0 spiro atoms. The fraction of sp³-hybridized carbons (Fsp3) is 0.583. The Morgan fingerprint density at radius 3 is 2.75 bits per heavy atom. The molecule has 0 bridgehead atoms. The Balaban J connectivity index is 1.90. The Hall–Kier alpha value is -0.540. The Kier molecular flexibility index (Phi) is 4.24. The minimum atomic E-state index is 0.518. The number of halogens is 1. The molecule has 4 heteroatoms. The highest BCUT2D eigenvalue weighted by Crippen LogP contribution is 2.25. The first kappa shape index (κ1) is 11.9. The zero-order valence-electron chi connectivity index (χ0n) is 9.29. The molecule has 0 amide bonds. The Bertz CT molecular complexity index is 367. The number of nitrogens with zero attached hydrogens (tertiary/aromatic N) is 1. The number of nitrogens with two attached hydrogens (primary N) is 1. The summed E-state index contributed by atoms with van der Waals surface area (Å²) in [5, 5.41) is 0. The van der Waals surface area contributed by atoms with Gasteiger partial charge in [-0.1, -0.05) is 30.9 Å². The van der Waals surface area contributed by atoms with Crippen LogP contribution in [0.3, 0.4) is 0 Å². The number of amidine groups is 1. The van der Waals surface area contributed by atoms with E-state index < -0.39 is 0 Å². The SMILES string of the molecule is NC(=NCc1ccc(Cl)s1)C1CCCCC1. The monoisotopic (exact) mass is 256 g/mol. The molecular formula is C12H17ClN2S. The van der Waals surface area contributed by atoms with Gasteiger partial charge in [0.25, 0.3) is 0 Å². The van der Waals surface area contributed by atoms with Gasteiger partial charge in [-0.25, -0.2) is 0 Å². The van der Waals surface area contributed by atoms with Gasteiger partial charge in [0, 0.05) is 10.8 Å². The van der Waals surface area contributed by atoms with Gasteiger partial charge < -0.3 is 5.73 Å². The van der Waals surface area contributed by atoms with Crippen molar-refractivity contribution in [2.75, 3.05) is 0 Å². The molecule has 2 nitrogen and oxygen atoms in total. The summed E-state index contributed by atoms with van der Waals surface area (Å²) in [6.07, 6.45) is 6.36. The van der Waals surface area contributed by atoms with Crippen molar-refractivity contribution in [3.8, 4) is 0 Å². The third kappa shape index (κ3) is 3.22. The van der Waals surface area contributed by atoms with Crippen LogP contribution in [0.15, 0.2) is 17.1 Å². The molecule has 0 unspecified atom stereocenters. The van der Waals surface area contributed by atoms with Crippen LogP contribution in [0.25, 0.3) is 0 Å². The van der Waals surface area contributed by atoms with E-state index in [1.807, 2.05) is 12.1 Å². The number of thiophene rings is 1. The summed E-state index contributed by atoms with van der Waals surface area (Å²) in [5.41, 5.74) is 6.02. The summed E-state index contributed by atoms with van der Waals surface area (Å²) in [5.74, 6) is 1.36. The van der Waals surface area contributed by atoms with Crippen molar-refractivity contribution in [2.24, 2.45) is 16.6 Å². The van der Waals surface area contributed by atoms with Crippen molar-refractivity contribution in [1.82, 2.24) is 0 Å². The summed E-state index contributed by atoms with van der Waals surface area (Å²) < 4.78 is 0.821. The van der Waals surface area contributed by atoms with E-state index in [-0.39, 0.29) is 0 Å². The van der Waals surface area contributed by atoms with Crippen LogP contribution >= 0.6 is 22.9 Å². The second-order valence-corrected chi connectivity index (χ2v) is 6.08. The minimum Gasteiger partial charge on any atom is -0.387 e. The van der Waals surface area contributed by atoms with E-state index in [9.17, 15) is 0 Å². The highest BCUT2D eigenvalue weighted by molar-refractivity contribution is 7.16. The van der Waals surface area contributed by atoms with Crippen molar-refractivity contribution < 1.29 is 0 Å². The summed E-state index contributed by atoms with van der Waals surface area (Å²) in [7, 11) is 0. The maximum absolute atomic E-state index is 6.02. The lowest BCUT2D eigenvalue weighted by atomic mass is 9.88. The van der Waals surface area contributed by atoms with E-state index in [1.54, 1.807) is 11.3 Å². The van der Waals surface area contributed by atoms with Crippen molar-refractivity contribution in [3.05, 3.63) is 21.3 Å². The second kappa shape index (κ2) is 5.69. The van der Waals surface area contributed by atoms with Gasteiger partial charge in [-0.05, 0) is 25.0 Å². The lowest BCUT2D eigenvalue weighted by molar-refractivity contribution is 0.436. The van der Waals surface area contributed by atoms with Crippen molar-refractivity contribution in [1.29, 1.82) is 0 Å². The third-order valence-corrected chi connectivity index (χ3v) is 4.29. The Labute approximate surface area is 106 Å². The predicted molar refractivity (Wildman–Crippen MR) is 71.2 cm³/mol. The number of rotatable bonds is 3. The predicted octanol–water partition coefficient (Wildman–Crippen LogP) is 3.84. The minimum absolute atomic E-state index is 0.518. The van der Waals surface area contributed by atoms with Gasteiger partial charge in [-0.2, -0.15) is 0 Å². The molecule has 1 aromatic rings. The molecule has 1 fully saturated rings. The van der Waals surface area contributed by atoms with Crippen LogP contribution < -0.4 is 5.73 Å². The molecule has 0 radical (unpaired) electrons. The van der Waals surface area contributed by atoms with Gasteiger partial charge in [0.1, 0.15) is 0 Å². The van der Waals surface area contributed by atoms with E-state index in [4.69, 9.17) is 17.3 Å². The standard InChI is InChI=1S/C12H17ClN2S/c13-11-7-6-10(16-11)8-15-12(14)9-4-2-1-3-5-9/h6-7,9H,1-5,8H2,(H2,14,15). The van der Waals surface area contributed by atoms with Crippen LogP contribution in [0.5, 0.6) is 0 Å². The molecule has 88 valence electrons. The normalized spacial score (nSPS) is 18.9. The lowest BCUT2D eigenvalue weighted by Gasteiger charge is -2.20. The average molecular weight is 257 g/mol. The molecule has 0 saturated heterocycles. The lowest BCUT2D eigenvalue weighted by Crippen LogP contribution is -2.25. The molecule has 2 N–H and O–H groups in total. The number of hydrogen-bond donors (Lipinski definition) is 1. The average Bonchev–Trinajstić information content (AvgIpc) is 2.73. The van der Waals surface area contributed by atoms with Gasteiger partial charge in [-0.3, -0.25) is 4.99 Å². The van der Waals surface area contributed by atoms with Gasteiger partial charge in [0.15, 0.2) is 0 Å². The quantitative estimate of drug-likeness (QED) is 0.648. The summed E-state index contributed by atoms with van der Waals surface area (Å²) in [6, 6.07) is 3.93. The molecule has 1 saturated carbocycles. The van der Waals surface area contributed by atoms with Gasteiger partial charge in [-0.15, -0.1) is 11.3 Å². The highest BCUT2D eigenvalue weighted by atomic mass is 35.5. The molecule has 0 aliphatic heterocycles. The summed E-state index contributed by atoms with van der Waals surface area (Å²) in [4.78, 5) is 5.66. The Morgan fingerprint density at radius 2 is 2.12 bits per heavy atom. The first-order valence-corrected chi connectivity index (χ1v) is 6.99. The molecule has 1 aromatic heterocycles.